The molecule has 9 nitrogen and oxygen atoms in total. The van der Waals surface area contributed by atoms with Gasteiger partial charge in [0.25, 0.3) is 11.8 Å². The number of hydrazine groups is 2. The number of para-hydroxylation sites is 1. The van der Waals surface area contributed by atoms with Crippen LogP contribution in [0.3, 0.4) is 0 Å². The maximum atomic E-state index is 12.3. The van der Waals surface area contributed by atoms with Gasteiger partial charge in [0, 0.05) is 24.1 Å². The lowest BCUT2D eigenvalue weighted by molar-refractivity contribution is 0.0929. The van der Waals surface area contributed by atoms with Crippen molar-refractivity contribution in [3.63, 3.8) is 0 Å². The Morgan fingerprint density at radius 2 is 1.58 bits per heavy atom. The summed E-state index contributed by atoms with van der Waals surface area (Å²) in [7, 11) is 1.83. The molecule has 4 amide bonds. The lowest BCUT2D eigenvalue weighted by Crippen LogP contribution is -2.52. The monoisotopic (exact) mass is 355 g/mol. The number of urea groups is 1. The Kier molecular flexibility index (Phi) is 4.61. The van der Waals surface area contributed by atoms with Gasteiger partial charge in [-0.3, -0.25) is 20.4 Å². The van der Waals surface area contributed by atoms with E-state index in [4.69, 9.17) is 4.42 Å². The number of carbonyl (C=O) groups excluding carboxylic acids is 3. The lowest BCUT2D eigenvalue weighted by Gasteiger charge is -2.09. The van der Waals surface area contributed by atoms with Crippen molar-refractivity contribution < 1.29 is 18.8 Å². The Labute approximate surface area is 148 Å². The second kappa shape index (κ2) is 7.01. The maximum absolute atomic E-state index is 12.3. The molecule has 0 saturated carbocycles. The summed E-state index contributed by atoms with van der Waals surface area (Å²) in [5, 5.41) is 0.762. The molecule has 0 bridgehead atoms. The number of nitrogens with one attached hydrogen (secondary N) is 4. The Balaban J connectivity index is 1.55. The van der Waals surface area contributed by atoms with Crippen LogP contribution in [-0.4, -0.2) is 22.4 Å². The third kappa shape index (κ3) is 3.36. The Hall–Kier alpha value is -3.75. The quantitative estimate of drug-likeness (QED) is 0.519. The SMILES string of the molecule is Cc1occc1C(=O)NNC(=O)NNC(=O)c1cn(C)c2ccccc12. The molecular weight excluding hydrogens is 338 g/mol. The van der Waals surface area contributed by atoms with Crippen LogP contribution in [0.15, 0.2) is 47.2 Å². The third-order valence-corrected chi connectivity index (χ3v) is 3.82. The van der Waals surface area contributed by atoms with Gasteiger partial charge in [-0.05, 0) is 19.1 Å². The van der Waals surface area contributed by atoms with Gasteiger partial charge < -0.3 is 8.98 Å². The minimum absolute atomic E-state index is 0.296. The van der Waals surface area contributed by atoms with Crippen molar-refractivity contribution in [2.75, 3.05) is 0 Å². The molecule has 0 fully saturated rings. The number of amides is 4. The number of furan rings is 1. The highest BCUT2D eigenvalue weighted by atomic mass is 16.3. The van der Waals surface area contributed by atoms with Crippen molar-refractivity contribution in [2.24, 2.45) is 7.05 Å². The largest absolute Gasteiger partial charge is 0.469 e. The normalized spacial score (nSPS) is 10.4. The van der Waals surface area contributed by atoms with E-state index in [1.807, 2.05) is 35.9 Å². The zero-order valence-electron chi connectivity index (χ0n) is 14.1. The summed E-state index contributed by atoms with van der Waals surface area (Å²) in [6.07, 6.45) is 3.04. The van der Waals surface area contributed by atoms with Gasteiger partial charge in [-0.15, -0.1) is 0 Å². The van der Waals surface area contributed by atoms with Crippen LogP contribution in [0.5, 0.6) is 0 Å². The number of fused-ring (bicyclic) bond motifs is 1. The van der Waals surface area contributed by atoms with Crippen LogP contribution >= 0.6 is 0 Å². The maximum Gasteiger partial charge on any atom is 0.352 e. The van der Waals surface area contributed by atoms with E-state index in [-0.39, 0.29) is 0 Å². The van der Waals surface area contributed by atoms with Crippen LogP contribution in [0, 0.1) is 6.92 Å². The molecule has 9 heteroatoms. The number of benzene rings is 1. The van der Waals surface area contributed by atoms with Crippen LogP contribution < -0.4 is 21.7 Å². The number of hydrogen-bond donors (Lipinski definition) is 4. The van der Waals surface area contributed by atoms with Crippen LogP contribution in [-0.2, 0) is 7.05 Å². The number of rotatable bonds is 2. The Bertz CT molecular complexity index is 988. The molecule has 0 spiro atoms. The summed E-state index contributed by atoms with van der Waals surface area (Å²) >= 11 is 0. The van der Waals surface area contributed by atoms with E-state index < -0.39 is 17.8 Å². The highest BCUT2D eigenvalue weighted by molar-refractivity contribution is 6.07. The van der Waals surface area contributed by atoms with Crippen molar-refractivity contribution in [3.8, 4) is 0 Å². The number of carbonyl (C=O) groups is 3. The average molecular weight is 355 g/mol. The molecule has 26 heavy (non-hydrogen) atoms. The van der Waals surface area contributed by atoms with E-state index >= 15 is 0 Å². The van der Waals surface area contributed by atoms with Crippen LogP contribution in [0.4, 0.5) is 4.79 Å². The smallest absolute Gasteiger partial charge is 0.352 e. The van der Waals surface area contributed by atoms with E-state index in [2.05, 4.69) is 21.7 Å². The highest BCUT2D eigenvalue weighted by Crippen LogP contribution is 2.19. The predicted molar refractivity (Wildman–Crippen MR) is 93.0 cm³/mol. The molecule has 134 valence electrons. The van der Waals surface area contributed by atoms with E-state index in [1.165, 1.54) is 12.3 Å². The Morgan fingerprint density at radius 1 is 0.923 bits per heavy atom. The number of aryl methyl sites for hydroxylation is 2. The van der Waals surface area contributed by atoms with Gasteiger partial charge in [0.15, 0.2) is 0 Å². The van der Waals surface area contributed by atoms with E-state index in [0.717, 1.165) is 10.9 Å². The summed E-state index contributed by atoms with van der Waals surface area (Å²) in [6, 6.07) is 8.09. The molecule has 0 radical (unpaired) electrons. The first-order valence-electron chi connectivity index (χ1n) is 7.72. The van der Waals surface area contributed by atoms with Crippen molar-refractivity contribution in [3.05, 3.63) is 59.7 Å². The van der Waals surface area contributed by atoms with E-state index in [0.29, 0.717) is 16.9 Å². The van der Waals surface area contributed by atoms with Crippen molar-refractivity contribution in [1.29, 1.82) is 0 Å². The average Bonchev–Trinajstić information content (AvgIpc) is 3.21. The molecule has 0 aliphatic rings. The van der Waals surface area contributed by atoms with Gasteiger partial charge in [0.2, 0.25) is 0 Å². The van der Waals surface area contributed by atoms with Crippen molar-refractivity contribution in [2.45, 2.75) is 6.92 Å². The van der Waals surface area contributed by atoms with Crippen LogP contribution in [0.2, 0.25) is 0 Å². The molecule has 0 aliphatic heterocycles. The molecular formula is C17H17N5O4. The number of aromatic nitrogens is 1. The van der Waals surface area contributed by atoms with Gasteiger partial charge >= 0.3 is 6.03 Å². The molecule has 3 rings (SSSR count). The zero-order chi connectivity index (χ0) is 18.7. The van der Waals surface area contributed by atoms with E-state index in [1.54, 1.807) is 13.1 Å². The first kappa shape index (κ1) is 17.1. The highest BCUT2D eigenvalue weighted by Gasteiger charge is 2.15. The molecule has 2 aromatic heterocycles. The van der Waals surface area contributed by atoms with Gasteiger partial charge in [-0.25, -0.2) is 15.6 Å². The second-order valence-corrected chi connectivity index (χ2v) is 5.55. The van der Waals surface area contributed by atoms with Crippen molar-refractivity contribution in [1.82, 2.24) is 26.3 Å². The molecule has 2 heterocycles. The fourth-order valence-corrected chi connectivity index (χ4v) is 2.54. The molecule has 0 atom stereocenters. The lowest BCUT2D eigenvalue weighted by atomic mass is 10.2. The summed E-state index contributed by atoms with van der Waals surface area (Å²) in [5.41, 5.74) is 10.4. The number of nitrogens with zero attached hydrogens (tertiary/aromatic N) is 1. The second-order valence-electron chi connectivity index (χ2n) is 5.55. The van der Waals surface area contributed by atoms with Crippen LogP contribution in [0.1, 0.15) is 26.5 Å². The fraction of sp³-hybridized carbons (Fsp3) is 0.118. The minimum atomic E-state index is -0.798. The van der Waals surface area contributed by atoms with Gasteiger partial charge in [0.05, 0.1) is 17.4 Å². The summed E-state index contributed by atoms with van der Waals surface area (Å²) in [5.74, 6) is -0.588. The first-order chi connectivity index (χ1) is 12.5. The minimum Gasteiger partial charge on any atom is -0.469 e. The standard InChI is InChI=1S/C17H17N5O4/c1-10-11(7-8-26-10)15(23)18-20-17(25)21-19-16(24)13-9-22(2)14-6-4-3-5-12(13)14/h3-9H,1-2H3,(H,18,23)(H,19,24)(H2,20,21,25). The molecule has 0 unspecified atom stereocenters. The predicted octanol–water partition coefficient (Wildman–Crippen LogP) is 1.37. The van der Waals surface area contributed by atoms with Gasteiger partial charge in [-0.1, -0.05) is 18.2 Å². The zero-order valence-corrected chi connectivity index (χ0v) is 14.1. The van der Waals surface area contributed by atoms with Crippen molar-refractivity contribution >= 4 is 28.7 Å². The fourth-order valence-electron chi connectivity index (χ4n) is 2.54. The summed E-state index contributed by atoms with van der Waals surface area (Å²) in [6.45, 7) is 1.62. The first-order valence-corrected chi connectivity index (χ1v) is 7.72. The summed E-state index contributed by atoms with van der Waals surface area (Å²) < 4.78 is 6.83. The molecule has 3 aromatic rings. The van der Waals surface area contributed by atoms with Gasteiger partial charge in [0.1, 0.15) is 5.76 Å². The third-order valence-electron chi connectivity index (χ3n) is 3.82. The topological polar surface area (TPSA) is 117 Å². The van der Waals surface area contributed by atoms with Crippen LogP contribution in [0.25, 0.3) is 10.9 Å². The molecule has 1 aromatic carbocycles. The Morgan fingerprint density at radius 3 is 2.23 bits per heavy atom. The van der Waals surface area contributed by atoms with E-state index in [9.17, 15) is 14.4 Å². The molecule has 0 aliphatic carbocycles. The molecule has 4 N–H and O–H groups in total. The van der Waals surface area contributed by atoms with Gasteiger partial charge in [-0.2, -0.15) is 0 Å². The molecule has 0 saturated heterocycles. The number of hydrogen-bond acceptors (Lipinski definition) is 4. The summed E-state index contributed by atoms with van der Waals surface area (Å²) in [4.78, 5) is 35.8.